The Hall–Kier alpha value is -0.550. The Kier molecular flexibility index (Phi) is 6.79. The monoisotopic (exact) mass is 228 g/mol. The highest BCUT2D eigenvalue weighted by molar-refractivity contribution is 9.12. The molecular weight excluding hydrogens is 216 g/mol. The van der Waals surface area contributed by atoms with E-state index in [4.69, 9.17) is 0 Å². The molecule has 0 atom stereocenters. The van der Waals surface area contributed by atoms with Crippen molar-refractivity contribution < 1.29 is 4.79 Å². The van der Waals surface area contributed by atoms with Crippen LogP contribution in [0.5, 0.6) is 0 Å². The summed E-state index contributed by atoms with van der Waals surface area (Å²) in [5.74, 6) is 2.45. The summed E-state index contributed by atoms with van der Waals surface area (Å²) in [4.78, 5) is 13.3. The molecule has 0 heterocycles. The number of carbonyl (C=O) groups is 1. The Balaban J connectivity index is 3.36. The molecule has 0 aromatic carbocycles. The average molecular weight is 229 g/mol. The standard InChI is InChI=1S/C10H13BrO/c1-9(2)5-3-4-6-10(12)7-8-11/h1,3-6H2,2H3. The van der Waals surface area contributed by atoms with Crippen LogP contribution in [0.15, 0.2) is 12.2 Å². The van der Waals surface area contributed by atoms with Gasteiger partial charge in [0.25, 0.3) is 0 Å². The molecule has 12 heavy (non-hydrogen) atoms. The predicted molar refractivity (Wildman–Crippen MR) is 55.0 cm³/mol. The first kappa shape index (κ1) is 11.4. The van der Waals surface area contributed by atoms with Gasteiger partial charge < -0.3 is 0 Å². The quantitative estimate of drug-likeness (QED) is 0.402. The van der Waals surface area contributed by atoms with Gasteiger partial charge >= 0.3 is 0 Å². The average Bonchev–Trinajstić information content (AvgIpc) is 1.98. The zero-order valence-corrected chi connectivity index (χ0v) is 8.91. The number of unbranched alkanes of at least 4 members (excludes halogenated alkanes) is 1. The van der Waals surface area contributed by atoms with Gasteiger partial charge in [-0.2, -0.15) is 0 Å². The van der Waals surface area contributed by atoms with Crippen molar-refractivity contribution in [2.24, 2.45) is 0 Å². The molecule has 2 heteroatoms. The number of halogens is 1. The lowest BCUT2D eigenvalue weighted by molar-refractivity contribution is -0.113. The third-order valence-corrected chi connectivity index (χ3v) is 1.64. The molecule has 0 aliphatic carbocycles. The molecular formula is C10H13BrO. The van der Waals surface area contributed by atoms with Gasteiger partial charge in [-0.1, -0.05) is 5.57 Å². The van der Waals surface area contributed by atoms with Gasteiger partial charge in [-0.05, 0) is 36.9 Å². The first-order chi connectivity index (χ1) is 5.66. The van der Waals surface area contributed by atoms with Crippen LogP contribution in [0, 0.1) is 10.8 Å². The lowest BCUT2D eigenvalue weighted by Gasteiger charge is -1.96. The third kappa shape index (κ3) is 7.56. The maximum absolute atomic E-state index is 10.9. The normalized spacial score (nSPS) is 8.50. The summed E-state index contributed by atoms with van der Waals surface area (Å²) in [7, 11) is 0. The van der Waals surface area contributed by atoms with Gasteiger partial charge in [0.15, 0.2) is 0 Å². The summed E-state index contributed by atoms with van der Waals surface area (Å²) in [5.41, 5.74) is 1.18. The smallest absolute Gasteiger partial charge is 0.206 e. The fourth-order valence-corrected chi connectivity index (χ4v) is 1.05. The summed E-state index contributed by atoms with van der Waals surface area (Å²) in [6.45, 7) is 5.79. The van der Waals surface area contributed by atoms with E-state index in [1.807, 2.05) is 6.92 Å². The van der Waals surface area contributed by atoms with Crippen molar-refractivity contribution in [3.8, 4) is 10.8 Å². The highest BCUT2D eigenvalue weighted by Crippen LogP contribution is 2.05. The van der Waals surface area contributed by atoms with E-state index >= 15 is 0 Å². The molecule has 0 aromatic rings. The van der Waals surface area contributed by atoms with E-state index in [-0.39, 0.29) is 5.78 Å². The Morgan fingerprint density at radius 2 is 2.00 bits per heavy atom. The van der Waals surface area contributed by atoms with E-state index in [1.54, 1.807) is 0 Å². The molecule has 0 radical (unpaired) electrons. The lowest BCUT2D eigenvalue weighted by atomic mass is 10.1. The second-order valence-corrected chi connectivity index (χ2v) is 3.20. The van der Waals surface area contributed by atoms with Crippen LogP contribution in [0.3, 0.4) is 0 Å². The van der Waals surface area contributed by atoms with Crippen LogP contribution in [-0.4, -0.2) is 5.78 Å². The van der Waals surface area contributed by atoms with Gasteiger partial charge in [-0.25, -0.2) is 0 Å². The molecule has 0 spiro atoms. The molecule has 0 saturated carbocycles. The molecule has 1 nitrogen and oxygen atoms in total. The predicted octanol–water partition coefficient (Wildman–Crippen LogP) is 3.05. The van der Waals surface area contributed by atoms with Crippen molar-refractivity contribution in [1.29, 1.82) is 0 Å². The van der Waals surface area contributed by atoms with Crippen molar-refractivity contribution in [3.63, 3.8) is 0 Å². The van der Waals surface area contributed by atoms with Crippen molar-refractivity contribution in [2.45, 2.75) is 32.6 Å². The highest BCUT2D eigenvalue weighted by atomic mass is 79.9. The minimum Gasteiger partial charge on any atom is -0.285 e. The van der Waals surface area contributed by atoms with E-state index in [2.05, 4.69) is 33.3 Å². The first-order valence-corrected chi connectivity index (χ1v) is 4.75. The van der Waals surface area contributed by atoms with Crippen LogP contribution in [0.4, 0.5) is 0 Å². The van der Waals surface area contributed by atoms with E-state index in [9.17, 15) is 4.79 Å². The Morgan fingerprint density at radius 3 is 2.50 bits per heavy atom. The van der Waals surface area contributed by atoms with E-state index in [0.29, 0.717) is 6.42 Å². The summed E-state index contributed by atoms with van der Waals surface area (Å²) in [5, 5.41) is 0. The second-order valence-electron chi connectivity index (χ2n) is 2.81. The summed E-state index contributed by atoms with van der Waals surface area (Å²) in [6.07, 6.45) is 3.51. The number of ketones is 1. The maximum atomic E-state index is 10.9. The number of carbonyl (C=O) groups excluding carboxylic acids is 1. The van der Waals surface area contributed by atoms with Crippen LogP contribution >= 0.6 is 15.9 Å². The van der Waals surface area contributed by atoms with E-state index in [1.165, 1.54) is 5.57 Å². The zero-order chi connectivity index (χ0) is 9.40. The second kappa shape index (κ2) is 7.12. The molecule has 0 N–H and O–H groups in total. The number of rotatable bonds is 5. The Morgan fingerprint density at radius 1 is 1.42 bits per heavy atom. The Labute approximate surface area is 82.4 Å². The molecule has 0 aliphatic rings. The van der Waals surface area contributed by atoms with Crippen LogP contribution in [0.2, 0.25) is 0 Å². The van der Waals surface area contributed by atoms with Gasteiger partial charge in [0.1, 0.15) is 0 Å². The van der Waals surface area contributed by atoms with E-state index < -0.39 is 0 Å². The number of hydrogen-bond donors (Lipinski definition) is 0. The molecule has 0 fully saturated rings. The van der Waals surface area contributed by atoms with Gasteiger partial charge in [0, 0.05) is 22.4 Å². The van der Waals surface area contributed by atoms with Gasteiger partial charge in [-0.15, -0.1) is 6.58 Å². The molecule has 66 valence electrons. The molecule has 0 aliphatic heterocycles. The van der Waals surface area contributed by atoms with Crippen LogP contribution in [0.1, 0.15) is 32.6 Å². The maximum Gasteiger partial charge on any atom is 0.206 e. The minimum atomic E-state index is 0.00795. The molecule has 0 aromatic heterocycles. The highest BCUT2D eigenvalue weighted by Gasteiger charge is 1.96. The van der Waals surface area contributed by atoms with Gasteiger partial charge in [-0.3, -0.25) is 4.79 Å². The molecule has 0 saturated heterocycles. The molecule has 0 amide bonds. The zero-order valence-electron chi connectivity index (χ0n) is 7.32. The van der Waals surface area contributed by atoms with Crippen LogP contribution in [-0.2, 0) is 4.79 Å². The number of Topliss-reactive ketones (excluding diaryl/α,β-unsaturated/α-hetero) is 1. The van der Waals surface area contributed by atoms with Crippen LogP contribution in [0.25, 0.3) is 0 Å². The fraction of sp³-hybridized carbons (Fsp3) is 0.500. The third-order valence-electron chi connectivity index (χ3n) is 1.44. The molecule has 0 unspecified atom stereocenters. The Bertz CT molecular complexity index is 220. The largest absolute Gasteiger partial charge is 0.285 e. The van der Waals surface area contributed by atoms with Gasteiger partial charge in [0.05, 0.1) is 0 Å². The minimum absolute atomic E-state index is 0.00795. The summed E-state index contributed by atoms with van der Waals surface area (Å²) >= 11 is 2.89. The van der Waals surface area contributed by atoms with Crippen molar-refractivity contribution in [1.82, 2.24) is 0 Å². The van der Waals surface area contributed by atoms with Crippen LogP contribution < -0.4 is 0 Å². The number of allylic oxidation sites excluding steroid dienone is 1. The SMILES string of the molecule is C=C(C)CCCCC(=O)C#CBr. The van der Waals surface area contributed by atoms with Gasteiger partial charge in [0.2, 0.25) is 5.78 Å². The topological polar surface area (TPSA) is 17.1 Å². The first-order valence-electron chi connectivity index (χ1n) is 3.95. The summed E-state index contributed by atoms with van der Waals surface area (Å²) < 4.78 is 0. The molecule has 0 rings (SSSR count). The van der Waals surface area contributed by atoms with Crippen molar-refractivity contribution >= 4 is 21.7 Å². The summed E-state index contributed by atoms with van der Waals surface area (Å²) in [6, 6.07) is 0. The molecule has 0 bridgehead atoms. The van der Waals surface area contributed by atoms with E-state index in [0.717, 1.165) is 19.3 Å². The number of hydrogen-bond acceptors (Lipinski definition) is 1. The van der Waals surface area contributed by atoms with Crippen molar-refractivity contribution in [3.05, 3.63) is 12.2 Å². The lowest BCUT2D eigenvalue weighted by Crippen LogP contribution is -1.92. The van der Waals surface area contributed by atoms with Crippen molar-refractivity contribution in [2.75, 3.05) is 0 Å². The fourth-order valence-electron chi connectivity index (χ4n) is 0.828.